The molecule has 0 unspecified atom stereocenters. The van der Waals surface area contributed by atoms with Crippen molar-refractivity contribution >= 4 is 35.8 Å². The molecule has 0 aliphatic carbocycles. The van der Waals surface area contributed by atoms with Gasteiger partial charge in [0.05, 0.1) is 0 Å². The Labute approximate surface area is 107 Å². The Morgan fingerprint density at radius 2 is 1.13 bits per heavy atom. The van der Waals surface area contributed by atoms with Gasteiger partial charge in [-0.3, -0.25) is 0 Å². The number of hydrogen-bond donors (Lipinski definition) is 0. The molecule has 0 saturated carbocycles. The van der Waals surface area contributed by atoms with Gasteiger partial charge in [0.2, 0.25) is 0 Å². The summed E-state index contributed by atoms with van der Waals surface area (Å²) < 4.78 is 0. The maximum absolute atomic E-state index is 9.80. The molecule has 0 aromatic carbocycles. The predicted molar refractivity (Wildman–Crippen MR) is 54.8 cm³/mol. The fraction of sp³-hybridized carbons (Fsp3) is 0.500. The summed E-state index contributed by atoms with van der Waals surface area (Å²) in [5, 5.41) is 26.6. The van der Waals surface area contributed by atoms with Crippen LogP contribution in [0.1, 0.15) is 0 Å². The second kappa shape index (κ2) is 16.1. The summed E-state index contributed by atoms with van der Waals surface area (Å²) in [5.74, 6) is -2.51. The van der Waals surface area contributed by atoms with Gasteiger partial charge >= 0.3 is 23.9 Å². The van der Waals surface area contributed by atoms with Crippen molar-refractivity contribution in [2.24, 2.45) is 0 Å². The molecule has 0 heterocycles. The maximum Gasteiger partial charge on any atom is 2.00 e. The number of hydrogen-bond acceptors (Lipinski definition) is 4. The van der Waals surface area contributed by atoms with Gasteiger partial charge in [0, 0.05) is 11.9 Å². The van der Waals surface area contributed by atoms with E-state index in [1.165, 1.54) is 0 Å². The minimum atomic E-state index is -1.25. The van der Waals surface area contributed by atoms with Crippen molar-refractivity contribution in [3.63, 3.8) is 0 Å². The van der Waals surface area contributed by atoms with Crippen LogP contribution in [0.5, 0.6) is 0 Å². The molecule has 88 valence electrons. The molecule has 0 rings (SSSR count). The molecule has 0 atom stereocenters. The number of carboxylic acid groups (broad SMARTS) is 2. The Morgan fingerprint density at radius 3 is 1.33 bits per heavy atom. The number of nitrogens with zero attached hydrogens (tertiary/aromatic N) is 2. The summed E-state index contributed by atoms with van der Waals surface area (Å²) in [6.45, 7) is -0.357. The number of rotatable bonds is 7. The fourth-order valence-electron chi connectivity index (χ4n) is 0.482. The first-order valence-electron chi connectivity index (χ1n) is 3.29. The van der Waals surface area contributed by atoms with E-state index in [4.69, 9.17) is 0 Å². The third kappa shape index (κ3) is 24.8. The quantitative estimate of drug-likeness (QED) is 0.300. The van der Waals surface area contributed by atoms with Crippen LogP contribution >= 0.6 is 0 Å². The molecule has 0 amide bonds. The van der Waals surface area contributed by atoms with Crippen LogP contribution in [0.15, 0.2) is 0 Å². The van der Waals surface area contributed by atoms with Crippen molar-refractivity contribution in [2.75, 3.05) is 26.2 Å². The molecule has 0 aromatic heterocycles. The van der Waals surface area contributed by atoms with Gasteiger partial charge < -0.3 is 45.3 Å². The molecule has 0 spiro atoms. The molecule has 15 heavy (non-hydrogen) atoms. The van der Waals surface area contributed by atoms with Crippen LogP contribution in [-0.2, 0) is 9.59 Å². The Balaban J connectivity index is -0.000000202. The Bertz CT molecular complexity index is 149. The summed E-state index contributed by atoms with van der Waals surface area (Å²) in [6, 6.07) is 0. The summed E-state index contributed by atoms with van der Waals surface area (Å²) >= 11 is 0. The molecule has 7 heteroatoms. The third-order valence-electron chi connectivity index (χ3n) is 0.898. The van der Waals surface area contributed by atoms with Crippen molar-refractivity contribution < 1.29 is 19.8 Å². The third-order valence-corrected chi connectivity index (χ3v) is 0.898. The van der Waals surface area contributed by atoms with Crippen molar-refractivity contribution in [3.05, 3.63) is 25.5 Å². The minimum absolute atomic E-state index is 0. The molecule has 0 N–H and O–H groups in total. The average molecular weight is 321 g/mol. The van der Waals surface area contributed by atoms with Gasteiger partial charge in [-0.1, -0.05) is 0 Å². The second-order valence-electron chi connectivity index (χ2n) is 1.95. The summed E-state index contributed by atoms with van der Waals surface area (Å²) in [6.07, 6.45) is 0. The average Bonchev–Trinajstić information content (AvgIpc) is 1.95. The van der Waals surface area contributed by atoms with Gasteiger partial charge in [0.25, 0.3) is 0 Å². The van der Waals surface area contributed by atoms with Crippen LogP contribution in [0.25, 0.3) is 10.6 Å². The van der Waals surface area contributed by atoms with E-state index in [9.17, 15) is 19.8 Å². The molecule has 0 aliphatic heterocycles. The normalized spacial score (nSPS) is 7.73. The van der Waals surface area contributed by atoms with E-state index < -0.39 is 11.9 Å². The van der Waals surface area contributed by atoms with Crippen LogP contribution in [-0.4, -0.2) is 62.0 Å². The van der Waals surface area contributed by atoms with Gasteiger partial charge in [-0.05, 0) is 0 Å². The van der Waals surface area contributed by atoms with Crippen molar-refractivity contribution in [2.45, 2.75) is 0 Å². The van der Waals surface area contributed by atoms with Gasteiger partial charge in [-0.25, -0.2) is 0 Å². The van der Waals surface area contributed by atoms with Crippen molar-refractivity contribution in [3.8, 4) is 0 Å². The minimum Gasteiger partial charge on any atom is -0.659 e. The first-order chi connectivity index (χ1) is 5.63. The first kappa shape index (κ1) is 24.1. The standard InChI is InChI=1S/C6H10N2O4.2CH3.Sn/c9-5(10)3-7-1-2-8-4-6(11)12;;;/h1-4H2,(H,9,10)(H,11,12);2*1H3;/q-2;2*-1;+2/p-2. The van der Waals surface area contributed by atoms with Crippen LogP contribution < -0.4 is 10.2 Å². The van der Waals surface area contributed by atoms with E-state index in [0.29, 0.717) is 0 Å². The van der Waals surface area contributed by atoms with Crippen LogP contribution in [0, 0.1) is 14.9 Å². The molecular weight excluding hydrogens is 307 g/mol. The van der Waals surface area contributed by atoms with E-state index in [2.05, 4.69) is 10.6 Å². The number of aliphatic carboxylic acids is 2. The van der Waals surface area contributed by atoms with E-state index in [0.717, 1.165) is 0 Å². The maximum atomic E-state index is 9.80. The van der Waals surface area contributed by atoms with Gasteiger partial charge in [0.15, 0.2) is 0 Å². The number of carbonyl (C=O) groups is 2. The van der Waals surface area contributed by atoms with E-state index in [-0.39, 0.29) is 64.9 Å². The van der Waals surface area contributed by atoms with Gasteiger partial charge in [-0.15, -0.1) is 13.1 Å². The smallest absolute Gasteiger partial charge is 0.659 e. The molecule has 2 radical (unpaired) electrons. The molecule has 0 bridgehead atoms. The van der Waals surface area contributed by atoms with Gasteiger partial charge in [0.1, 0.15) is 0 Å². The van der Waals surface area contributed by atoms with Gasteiger partial charge in [-0.2, -0.15) is 13.1 Å². The van der Waals surface area contributed by atoms with Crippen molar-refractivity contribution in [1.82, 2.24) is 0 Å². The van der Waals surface area contributed by atoms with Crippen LogP contribution in [0.2, 0.25) is 0 Å². The SMILES string of the molecule is O=C([O-])C[N-]CC[N-]CC(=O)[O-].[CH3-].[CH3-].[Sn+2]. The fourth-order valence-corrected chi connectivity index (χ4v) is 0.482. The van der Waals surface area contributed by atoms with E-state index in [1.54, 1.807) is 0 Å². The summed E-state index contributed by atoms with van der Waals surface area (Å²) in [5.41, 5.74) is 0. The first-order valence-corrected chi connectivity index (χ1v) is 3.29. The van der Waals surface area contributed by atoms with Crippen molar-refractivity contribution in [1.29, 1.82) is 0 Å². The zero-order valence-corrected chi connectivity index (χ0v) is 11.7. The van der Waals surface area contributed by atoms with Crippen LogP contribution in [0.3, 0.4) is 0 Å². The predicted octanol–water partition coefficient (Wildman–Crippen LogP) is -2.25. The van der Waals surface area contributed by atoms with Crippen LogP contribution in [0.4, 0.5) is 0 Å². The topological polar surface area (TPSA) is 108 Å². The largest absolute Gasteiger partial charge is 2.00 e. The monoisotopic (exact) mass is 322 g/mol. The number of carbonyl (C=O) groups excluding carboxylic acids is 2. The van der Waals surface area contributed by atoms with E-state index >= 15 is 0 Å². The summed E-state index contributed by atoms with van der Waals surface area (Å²) in [7, 11) is 0. The molecule has 0 aromatic rings. The summed E-state index contributed by atoms with van der Waals surface area (Å²) in [4.78, 5) is 19.6. The Kier molecular flexibility index (Phi) is 25.8. The molecule has 0 saturated heterocycles. The molecule has 0 aliphatic rings. The zero-order chi connectivity index (χ0) is 9.40. The Hall–Kier alpha value is -0.341. The molecule has 6 nitrogen and oxygen atoms in total. The number of carboxylic acids is 2. The molecular formula is C8H14N2O4Sn-4. The molecule has 0 fully saturated rings. The van der Waals surface area contributed by atoms with E-state index in [1.807, 2.05) is 0 Å². The Morgan fingerprint density at radius 1 is 0.867 bits per heavy atom. The second-order valence-corrected chi connectivity index (χ2v) is 1.95. The zero-order valence-electron chi connectivity index (χ0n) is 8.86.